The molecular weight excluding hydrogens is 856 g/mol. The molecule has 1 unspecified atom stereocenters. The van der Waals surface area contributed by atoms with Gasteiger partial charge in [0.15, 0.2) is 17.6 Å². The van der Waals surface area contributed by atoms with Crippen molar-refractivity contribution in [2.45, 2.75) is 103 Å². The number of aromatic nitrogens is 2. The number of esters is 1. The summed E-state index contributed by atoms with van der Waals surface area (Å²) in [6.45, 7) is 18.9. The van der Waals surface area contributed by atoms with E-state index in [-0.39, 0.29) is 77.0 Å². The van der Waals surface area contributed by atoms with Crippen LogP contribution in [0.1, 0.15) is 64.8 Å². The number of carbonyl (C=O) groups excluding carboxylic acids is 1. The number of azide groups is 1. The van der Waals surface area contributed by atoms with Gasteiger partial charge in [-0.3, -0.25) is 32.7 Å². The number of aromatic amines is 1. The topological polar surface area (TPSA) is 238 Å². The first-order valence-electron chi connectivity index (χ1n) is 18.4. The van der Waals surface area contributed by atoms with Gasteiger partial charge < -0.3 is 33.1 Å². The van der Waals surface area contributed by atoms with E-state index in [1.165, 1.54) is 26.4 Å². The predicted molar refractivity (Wildman–Crippen MR) is 217 cm³/mol. The van der Waals surface area contributed by atoms with Gasteiger partial charge >= 0.3 is 19.5 Å². The molecule has 0 spiro atoms. The van der Waals surface area contributed by atoms with Gasteiger partial charge in [0.2, 0.25) is 12.8 Å². The molecule has 2 fully saturated rings. The first kappa shape index (κ1) is 47.7. The van der Waals surface area contributed by atoms with Crippen molar-refractivity contribution in [3.63, 3.8) is 0 Å². The van der Waals surface area contributed by atoms with Crippen LogP contribution in [0.15, 0.2) is 32.1 Å². The fourth-order valence-corrected chi connectivity index (χ4v) is 8.48. The Balaban J connectivity index is 1.63. The lowest BCUT2D eigenvalue weighted by Crippen LogP contribution is -2.44. The highest BCUT2D eigenvalue weighted by molar-refractivity contribution is 7.48. The monoisotopic (exact) mass is 903 g/mol. The lowest BCUT2D eigenvalue weighted by molar-refractivity contribution is -0.171. The number of phosphoric ester groups is 1. The number of rotatable bonds is 19. The first-order valence-corrected chi connectivity index (χ1v) is 23.5. The van der Waals surface area contributed by atoms with E-state index in [1.807, 2.05) is 13.1 Å². The summed E-state index contributed by atoms with van der Waals surface area (Å²) in [4.78, 5) is 50.9. The summed E-state index contributed by atoms with van der Waals surface area (Å²) in [5.74, 6) is -0.287. The number of benzene rings is 1. The molecule has 1 N–H and O–H groups in total. The molecule has 20 nitrogen and oxygen atoms in total. The minimum absolute atomic E-state index is 0.0205. The molecule has 59 heavy (non-hydrogen) atoms. The van der Waals surface area contributed by atoms with Gasteiger partial charge in [0, 0.05) is 54.0 Å². The van der Waals surface area contributed by atoms with Crippen LogP contribution in [0.3, 0.4) is 0 Å². The molecule has 0 saturated carbocycles. The molecule has 0 aliphatic carbocycles. The maximum Gasteiger partial charge on any atom is 0.475 e. The van der Waals surface area contributed by atoms with Crippen molar-refractivity contribution >= 4 is 51.5 Å². The molecule has 2 aromatic rings. The summed E-state index contributed by atoms with van der Waals surface area (Å²) in [5, 5.41) is 7.69. The highest BCUT2D eigenvalue weighted by atomic mass is 35.5. The molecule has 0 radical (unpaired) electrons. The lowest BCUT2D eigenvalue weighted by Gasteiger charge is -2.37. The number of phosphoric acid groups is 1. The number of hydrogen-bond donors (Lipinski definition) is 1. The van der Waals surface area contributed by atoms with Crippen molar-refractivity contribution in [2.75, 3.05) is 33.5 Å². The molecule has 3 heterocycles. The fourth-order valence-electron chi connectivity index (χ4n) is 5.59. The largest absolute Gasteiger partial charge is 0.540 e. The van der Waals surface area contributed by atoms with Crippen molar-refractivity contribution in [3.8, 4) is 11.5 Å². The number of H-pyrrole nitrogens is 1. The molecule has 2 aliphatic heterocycles. The average molecular weight is 905 g/mol. The summed E-state index contributed by atoms with van der Waals surface area (Å²) >= 11 is 13.5. The quantitative estimate of drug-likeness (QED) is 0.0141. The van der Waals surface area contributed by atoms with E-state index >= 15 is 0 Å². The minimum atomic E-state index is -4.41. The lowest BCUT2D eigenvalue weighted by atomic mass is 10.0. The third kappa shape index (κ3) is 12.6. The van der Waals surface area contributed by atoms with Gasteiger partial charge in [-0.2, -0.15) is 0 Å². The third-order valence-electron chi connectivity index (χ3n) is 9.89. The van der Waals surface area contributed by atoms with Crippen molar-refractivity contribution in [1.29, 1.82) is 0 Å². The molecule has 4 rings (SSSR count). The third-order valence-corrected chi connectivity index (χ3v) is 16.3. The zero-order chi connectivity index (χ0) is 43.7. The van der Waals surface area contributed by atoms with E-state index in [2.05, 4.69) is 45.8 Å². The summed E-state index contributed by atoms with van der Waals surface area (Å²) in [6.07, 6.45) is -1.83. The van der Waals surface area contributed by atoms with Crippen LogP contribution in [0.25, 0.3) is 15.3 Å². The second-order valence-corrected chi connectivity index (χ2v) is 22.2. The highest BCUT2D eigenvalue weighted by Gasteiger charge is 2.43. The number of carbonyl (C=O) groups is 1. The number of nitrogens with zero attached hydrogens (tertiary/aromatic N) is 6. The molecule has 7 atom stereocenters. The Hall–Kier alpha value is -3.93. The molecule has 0 amide bonds. The molecule has 1 aromatic carbocycles. The second kappa shape index (κ2) is 20.6. The van der Waals surface area contributed by atoms with Crippen molar-refractivity contribution in [3.05, 3.63) is 76.1 Å². The van der Waals surface area contributed by atoms with Crippen LogP contribution in [-0.2, 0) is 48.5 Å². The average Bonchev–Trinajstić information content (AvgIpc) is 3.72. The van der Waals surface area contributed by atoms with Gasteiger partial charge in [0.1, 0.15) is 18.9 Å². The summed E-state index contributed by atoms with van der Waals surface area (Å²) in [7, 11) is -5.36. The van der Waals surface area contributed by atoms with Crippen LogP contribution < -0.4 is 20.4 Å². The molecule has 2 saturated heterocycles. The van der Waals surface area contributed by atoms with E-state index in [4.69, 9.17) is 77.1 Å². The minimum Gasteiger partial charge on any atom is -0.540 e. The van der Waals surface area contributed by atoms with Crippen LogP contribution in [0.2, 0.25) is 28.2 Å². The Labute approximate surface area is 351 Å². The Kier molecular flexibility index (Phi) is 16.6. The molecular formula is C35H48Cl2N7O13PSi. The van der Waals surface area contributed by atoms with Gasteiger partial charge in [0.25, 0.3) is 13.9 Å². The van der Waals surface area contributed by atoms with E-state index in [1.54, 1.807) is 13.0 Å². The molecule has 324 valence electrons. The maximum atomic E-state index is 14.0. The Morgan fingerprint density at radius 1 is 1.19 bits per heavy atom. The fraction of sp³-hybridized carbons (Fsp3) is 0.629. The van der Waals surface area contributed by atoms with E-state index in [0.29, 0.717) is 5.75 Å². The maximum absolute atomic E-state index is 14.0. The van der Waals surface area contributed by atoms with Gasteiger partial charge in [-0.1, -0.05) is 54.2 Å². The number of nitrogens with one attached hydrogen (secondary N) is 1. The van der Waals surface area contributed by atoms with E-state index in [9.17, 15) is 18.9 Å². The van der Waals surface area contributed by atoms with Crippen molar-refractivity contribution < 1.29 is 51.1 Å². The highest BCUT2D eigenvalue weighted by Crippen LogP contribution is 2.51. The SMILES string of the molecule is [C-]#[N+]CCOP(=O)(OC[C@@H]1C[C@H](OC(C)=O)O[C@@H]1C)OC[C@H]1O[C@@H](n2cc(CN=[N+]=[N-])c(=O)[nH]c2=O)C[C@H]1O/N=C/c1c(Cl)cc(OC)c(O[Si](C)(C)C(C)(C)C)c1Cl. The number of halogens is 2. The second-order valence-electron chi connectivity index (χ2n) is 15.1. The first-order chi connectivity index (χ1) is 27.7. The van der Waals surface area contributed by atoms with Crippen LogP contribution in [-0.4, -0.2) is 88.1 Å². The number of methoxy groups -OCH3 is 1. The van der Waals surface area contributed by atoms with Crippen molar-refractivity contribution in [1.82, 2.24) is 9.55 Å². The molecule has 2 aliphatic rings. The standard InChI is InChI=1S/C35H48Cl2N7O13PSi/c1-20-22(12-30(53-20)54-21(2)45)18-51-58(48,50-11-10-39-6)52-19-28-26(14-29(55-28)44-17-23(15-40-43-38)33(46)42-34(44)47)56-41-16-24-25(36)13-27(49-7)32(31(24)37)57-59(8,9)35(3,4)5/h13,16-17,20,22,26,28-30H,10-12,14-15,18-19H2,1-5,7-9H3,(H,42,46,47)/b41-16+/t20-,22+,26-,28-,29-,30+,58?/m1/s1. The number of oxime groups is 1. The van der Waals surface area contributed by atoms with Crippen LogP contribution in [0.4, 0.5) is 0 Å². The van der Waals surface area contributed by atoms with E-state index in [0.717, 1.165) is 4.57 Å². The van der Waals surface area contributed by atoms with Crippen LogP contribution in [0.5, 0.6) is 11.5 Å². The number of hydrogen-bond acceptors (Lipinski definition) is 15. The zero-order valence-corrected chi connectivity index (χ0v) is 37.2. The smallest absolute Gasteiger partial charge is 0.475 e. The van der Waals surface area contributed by atoms with Crippen molar-refractivity contribution in [2.24, 2.45) is 16.2 Å². The zero-order valence-electron chi connectivity index (χ0n) is 33.8. The van der Waals surface area contributed by atoms with Gasteiger partial charge in [-0.05, 0) is 30.6 Å². The molecule has 0 bridgehead atoms. The van der Waals surface area contributed by atoms with Crippen LogP contribution in [0, 0.1) is 12.5 Å². The Morgan fingerprint density at radius 3 is 2.54 bits per heavy atom. The van der Waals surface area contributed by atoms with E-state index < -0.39 is 70.8 Å². The molecule has 1 aromatic heterocycles. The Morgan fingerprint density at radius 2 is 1.90 bits per heavy atom. The number of ether oxygens (including phenoxy) is 4. The van der Waals surface area contributed by atoms with Gasteiger partial charge in [0.05, 0.1) is 49.2 Å². The summed E-state index contributed by atoms with van der Waals surface area (Å²) in [6, 6.07) is 1.54. The normalized spacial score (nSPS) is 23.0. The molecule has 24 heteroatoms. The van der Waals surface area contributed by atoms with Gasteiger partial charge in [-0.15, -0.1) is 0 Å². The summed E-state index contributed by atoms with van der Waals surface area (Å²) < 4.78 is 61.0. The van der Waals surface area contributed by atoms with Gasteiger partial charge in [-0.25, -0.2) is 15.9 Å². The Bertz CT molecular complexity index is 2120. The predicted octanol–water partition coefficient (Wildman–Crippen LogP) is 7.14. The summed E-state index contributed by atoms with van der Waals surface area (Å²) in [5.41, 5.74) is 7.43. The van der Waals surface area contributed by atoms with Crippen LogP contribution >= 0.6 is 31.0 Å².